The molecule has 1 heterocycles. The first kappa shape index (κ1) is 14.8. The minimum absolute atomic E-state index is 0.0404. The molecule has 3 rings (SSSR count). The fourth-order valence-electron chi connectivity index (χ4n) is 2.41. The molecule has 0 aliphatic carbocycles. The molecular weight excluding hydrogens is 258 g/mol. The molecule has 0 fully saturated rings. The van der Waals surface area contributed by atoms with Crippen molar-refractivity contribution in [1.82, 2.24) is 10.2 Å². The number of H-pyrrole nitrogens is 1. The predicted molar refractivity (Wildman–Crippen MR) is 86.0 cm³/mol. The minimum Gasteiger partial charge on any atom is -0.281 e. The SMILES string of the molecule is CC.N#CCC(c1ccccc1)c1[nH]nc2ccccc12. The Bertz CT molecular complexity index is 723. The third-order valence-electron chi connectivity index (χ3n) is 3.34. The zero-order valence-electron chi connectivity index (χ0n) is 12.4. The van der Waals surface area contributed by atoms with E-state index < -0.39 is 0 Å². The van der Waals surface area contributed by atoms with E-state index in [0.29, 0.717) is 6.42 Å². The Morgan fingerprint density at radius 2 is 1.71 bits per heavy atom. The second-order valence-electron chi connectivity index (χ2n) is 4.48. The van der Waals surface area contributed by atoms with Gasteiger partial charge in [-0.15, -0.1) is 0 Å². The molecular formula is C18H19N3. The molecule has 3 heteroatoms. The third-order valence-corrected chi connectivity index (χ3v) is 3.34. The molecule has 0 aliphatic rings. The van der Waals surface area contributed by atoms with E-state index in [9.17, 15) is 0 Å². The quantitative estimate of drug-likeness (QED) is 0.758. The van der Waals surface area contributed by atoms with Crippen molar-refractivity contribution in [3.63, 3.8) is 0 Å². The predicted octanol–water partition coefficient (Wildman–Crippen LogP) is 4.63. The Morgan fingerprint density at radius 1 is 1.05 bits per heavy atom. The molecule has 1 aromatic heterocycles. The van der Waals surface area contributed by atoms with Gasteiger partial charge in [0.05, 0.1) is 17.3 Å². The van der Waals surface area contributed by atoms with Gasteiger partial charge >= 0.3 is 0 Å². The molecule has 0 radical (unpaired) electrons. The Kier molecular flexibility index (Phi) is 5.11. The van der Waals surface area contributed by atoms with Crippen LogP contribution in [0.2, 0.25) is 0 Å². The maximum Gasteiger partial charge on any atom is 0.0923 e. The van der Waals surface area contributed by atoms with Crippen LogP contribution in [-0.2, 0) is 0 Å². The molecule has 2 aromatic carbocycles. The lowest BCUT2D eigenvalue weighted by Crippen LogP contribution is -2.01. The Labute approximate surface area is 125 Å². The molecule has 1 N–H and O–H groups in total. The second kappa shape index (κ2) is 7.25. The van der Waals surface area contributed by atoms with E-state index >= 15 is 0 Å². The van der Waals surface area contributed by atoms with Gasteiger partial charge in [-0.3, -0.25) is 5.10 Å². The number of aromatic amines is 1. The number of rotatable bonds is 3. The standard InChI is InChI=1S/C16H13N3.C2H6/c17-11-10-13(12-6-2-1-3-7-12)16-14-8-4-5-9-15(14)18-19-16;1-2/h1-9,13H,10H2,(H,18,19);1-2H3. The van der Waals surface area contributed by atoms with Crippen molar-refractivity contribution in [2.45, 2.75) is 26.2 Å². The largest absolute Gasteiger partial charge is 0.281 e. The van der Waals surface area contributed by atoms with Crippen molar-refractivity contribution in [2.24, 2.45) is 0 Å². The zero-order chi connectivity index (χ0) is 15.1. The highest BCUT2D eigenvalue weighted by molar-refractivity contribution is 5.82. The molecule has 1 atom stereocenters. The number of aromatic nitrogens is 2. The van der Waals surface area contributed by atoms with E-state index in [4.69, 9.17) is 5.26 Å². The first-order valence-corrected chi connectivity index (χ1v) is 7.25. The number of nitrogens with one attached hydrogen (secondary N) is 1. The van der Waals surface area contributed by atoms with E-state index in [2.05, 4.69) is 28.4 Å². The van der Waals surface area contributed by atoms with Gasteiger partial charge in [-0.25, -0.2) is 0 Å². The lowest BCUT2D eigenvalue weighted by Gasteiger charge is -2.12. The van der Waals surface area contributed by atoms with E-state index in [1.807, 2.05) is 56.3 Å². The summed E-state index contributed by atoms with van der Waals surface area (Å²) in [6, 6.07) is 20.3. The van der Waals surface area contributed by atoms with Crippen LogP contribution in [0.5, 0.6) is 0 Å². The Balaban J connectivity index is 0.000000774. The zero-order valence-corrected chi connectivity index (χ0v) is 12.4. The molecule has 0 saturated heterocycles. The van der Waals surface area contributed by atoms with Gasteiger partial charge in [0.1, 0.15) is 0 Å². The molecule has 3 aromatic rings. The summed E-state index contributed by atoms with van der Waals surface area (Å²) in [4.78, 5) is 0. The number of para-hydroxylation sites is 1. The highest BCUT2D eigenvalue weighted by atomic mass is 15.1. The van der Waals surface area contributed by atoms with E-state index in [0.717, 1.165) is 22.2 Å². The van der Waals surface area contributed by atoms with E-state index in [-0.39, 0.29) is 5.92 Å². The van der Waals surface area contributed by atoms with Gasteiger partial charge in [0, 0.05) is 17.7 Å². The highest BCUT2D eigenvalue weighted by Crippen LogP contribution is 2.31. The summed E-state index contributed by atoms with van der Waals surface area (Å²) in [6.07, 6.45) is 0.441. The fourth-order valence-corrected chi connectivity index (χ4v) is 2.41. The Morgan fingerprint density at radius 3 is 2.43 bits per heavy atom. The molecule has 0 bridgehead atoms. The summed E-state index contributed by atoms with van der Waals surface area (Å²) in [7, 11) is 0. The molecule has 1 unspecified atom stereocenters. The first-order valence-electron chi connectivity index (χ1n) is 7.25. The number of nitrogens with zero attached hydrogens (tertiary/aromatic N) is 2. The number of nitriles is 1. The van der Waals surface area contributed by atoms with Gasteiger partial charge in [0.2, 0.25) is 0 Å². The smallest absolute Gasteiger partial charge is 0.0923 e. The lowest BCUT2D eigenvalue weighted by atomic mass is 9.91. The van der Waals surface area contributed by atoms with Crippen LogP contribution in [0.1, 0.15) is 37.4 Å². The number of hydrogen-bond donors (Lipinski definition) is 1. The van der Waals surface area contributed by atoms with Gasteiger partial charge in [0.25, 0.3) is 0 Å². The summed E-state index contributed by atoms with van der Waals surface area (Å²) in [6.45, 7) is 4.00. The number of benzene rings is 2. The molecule has 106 valence electrons. The average Bonchev–Trinajstić information content (AvgIpc) is 2.99. The van der Waals surface area contributed by atoms with Crippen molar-refractivity contribution >= 4 is 10.9 Å². The summed E-state index contributed by atoms with van der Waals surface area (Å²) in [5.41, 5.74) is 3.10. The van der Waals surface area contributed by atoms with Crippen LogP contribution in [-0.4, -0.2) is 10.2 Å². The van der Waals surface area contributed by atoms with Gasteiger partial charge in [-0.2, -0.15) is 10.4 Å². The van der Waals surface area contributed by atoms with Crippen molar-refractivity contribution < 1.29 is 0 Å². The molecule has 0 spiro atoms. The van der Waals surface area contributed by atoms with E-state index in [1.165, 1.54) is 0 Å². The fraction of sp³-hybridized carbons (Fsp3) is 0.222. The molecule has 3 nitrogen and oxygen atoms in total. The monoisotopic (exact) mass is 277 g/mol. The summed E-state index contributed by atoms with van der Waals surface area (Å²) < 4.78 is 0. The van der Waals surface area contributed by atoms with Crippen LogP contribution in [0.25, 0.3) is 10.9 Å². The van der Waals surface area contributed by atoms with Crippen LogP contribution >= 0.6 is 0 Å². The van der Waals surface area contributed by atoms with Crippen molar-refractivity contribution in [3.8, 4) is 6.07 Å². The lowest BCUT2D eigenvalue weighted by molar-refractivity contribution is 0.798. The van der Waals surface area contributed by atoms with Crippen molar-refractivity contribution in [1.29, 1.82) is 5.26 Å². The van der Waals surface area contributed by atoms with Gasteiger partial charge < -0.3 is 0 Å². The maximum atomic E-state index is 9.08. The van der Waals surface area contributed by atoms with E-state index in [1.54, 1.807) is 0 Å². The molecule has 0 amide bonds. The van der Waals surface area contributed by atoms with Crippen LogP contribution < -0.4 is 0 Å². The third kappa shape index (κ3) is 3.11. The number of hydrogen-bond acceptors (Lipinski definition) is 2. The van der Waals surface area contributed by atoms with Crippen molar-refractivity contribution in [2.75, 3.05) is 0 Å². The topological polar surface area (TPSA) is 52.5 Å². The number of fused-ring (bicyclic) bond motifs is 1. The summed E-state index contributed by atoms with van der Waals surface area (Å²) >= 11 is 0. The second-order valence-corrected chi connectivity index (χ2v) is 4.48. The van der Waals surface area contributed by atoms with Crippen LogP contribution in [0, 0.1) is 11.3 Å². The first-order chi connectivity index (χ1) is 10.4. The normalized spacial score (nSPS) is 11.3. The van der Waals surface area contributed by atoms with Crippen LogP contribution in [0.4, 0.5) is 0 Å². The van der Waals surface area contributed by atoms with Crippen LogP contribution in [0.3, 0.4) is 0 Å². The Hall–Kier alpha value is -2.60. The summed E-state index contributed by atoms with van der Waals surface area (Å²) in [5, 5.41) is 17.6. The summed E-state index contributed by atoms with van der Waals surface area (Å²) in [5.74, 6) is 0.0404. The average molecular weight is 277 g/mol. The maximum absolute atomic E-state index is 9.08. The minimum atomic E-state index is 0.0404. The highest BCUT2D eigenvalue weighted by Gasteiger charge is 2.18. The van der Waals surface area contributed by atoms with Crippen molar-refractivity contribution in [3.05, 3.63) is 65.9 Å². The van der Waals surface area contributed by atoms with Gasteiger partial charge in [-0.05, 0) is 11.6 Å². The van der Waals surface area contributed by atoms with Crippen LogP contribution in [0.15, 0.2) is 54.6 Å². The molecule has 0 saturated carbocycles. The molecule has 21 heavy (non-hydrogen) atoms. The molecule has 0 aliphatic heterocycles. The van der Waals surface area contributed by atoms with Gasteiger partial charge in [-0.1, -0.05) is 62.4 Å². The van der Waals surface area contributed by atoms with Gasteiger partial charge in [0.15, 0.2) is 0 Å².